The molecule has 2 atom stereocenters. The van der Waals surface area contributed by atoms with E-state index >= 15 is 8.78 Å². The van der Waals surface area contributed by atoms with E-state index in [9.17, 15) is 32.0 Å². The highest BCUT2D eigenvalue weighted by Gasteiger charge is 2.44. The van der Waals surface area contributed by atoms with Crippen molar-refractivity contribution in [2.24, 2.45) is 0 Å². The van der Waals surface area contributed by atoms with Crippen molar-refractivity contribution in [3.05, 3.63) is 119 Å². The van der Waals surface area contributed by atoms with Crippen LogP contribution in [0.1, 0.15) is 62.3 Å². The Hall–Kier alpha value is -6.57. The first kappa shape index (κ1) is 42.7. The second-order valence-corrected chi connectivity index (χ2v) is 17.9. The number of nitrogens with zero attached hydrogens (tertiary/aromatic N) is 5. The van der Waals surface area contributed by atoms with E-state index < -0.39 is 75.4 Å². The van der Waals surface area contributed by atoms with Crippen LogP contribution in [0.3, 0.4) is 0 Å². The first-order chi connectivity index (χ1) is 30.8. The van der Waals surface area contributed by atoms with Gasteiger partial charge in [-0.05, 0) is 79.8 Å². The summed E-state index contributed by atoms with van der Waals surface area (Å²) in [5.41, 5.74) is 2.02. The fourth-order valence-electron chi connectivity index (χ4n) is 8.62. The molecule has 0 aliphatic carbocycles. The first-order valence-electron chi connectivity index (χ1n) is 20.9. The predicted molar refractivity (Wildman–Crippen MR) is 231 cm³/mol. The average Bonchev–Trinajstić information content (AvgIpc) is 3.99. The number of allylic oxidation sites excluding steroid dienone is 1. The molecular weight excluding hydrogens is 854 g/mol. The van der Waals surface area contributed by atoms with Crippen molar-refractivity contribution in [1.29, 1.82) is 0 Å². The Labute approximate surface area is 366 Å². The van der Waals surface area contributed by atoms with Crippen LogP contribution in [-0.4, -0.2) is 121 Å². The summed E-state index contributed by atoms with van der Waals surface area (Å²) < 4.78 is 78.9. The topological polar surface area (TPSA) is 177 Å². The van der Waals surface area contributed by atoms with Gasteiger partial charge in [0.05, 0.1) is 29.0 Å². The van der Waals surface area contributed by atoms with Crippen molar-refractivity contribution < 1.29 is 45.5 Å². The van der Waals surface area contributed by atoms with Crippen molar-refractivity contribution in [3.8, 4) is 16.9 Å². The molecule has 6 heterocycles. The highest BCUT2D eigenvalue weighted by Crippen LogP contribution is 2.33. The van der Waals surface area contributed by atoms with Crippen LogP contribution >= 0.6 is 0 Å². The van der Waals surface area contributed by atoms with E-state index in [4.69, 9.17) is 4.74 Å². The lowest BCUT2D eigenvalue weighted by atomic mass is 10.00. The minimum atomic E-state index is -4.36. The van der Waals surface area contributed by atoms with Gasteiger partial charge >= 0.3 is 10.2 Å². The van der Waals surface area contributed by atoms with E-state index in [0.29, 0.717) is 58.6 Å². The molecular formula is C45H43F3N8O7S. The van der Waals surface area contributed by atoms with E-state index in [1.165, 1.54) is 6.20 Å². The van der Waals surface area contributed by atoms with Crippen LogP contribution in [0.5, 0.6) is 5.75 Å². The van der Waals surface area contributed by atoms with Crippen LogP contribution in [-0.2, 0) is 15.0 Å². The number of imide groups is 1. The molecule has 15 nitrogen and oxygen atoms in total. The van der Waals surface area contributed by atoms with Gasteiger partial charge in [-0.3, -0.25) is 33.7 Å². The maximum Gasteiger partial charge on any atom is 0.301 e. The highest BCUT2D eigenvalue weighted by molar-refractivity contribution is 7.90. The molecule has 0 radical (unpaired) electrons. The van der Waals surface area contributed by atoms with Gasteiger partial charge in [0.1, 0.15) is 29.4 Å². The van der Waals surface area contributed by atoms with E-state index in [-0.39, 0.29) is 18.5 Å². The molecule has 4 aliphatic rings. The van der Waals surface area contributed by atoms with Crippen LogP contribution in [0.2, 0.25) is 0 Å². The van der Waals surface area contributed by atoms with Crippen LogP contribution in [0, 0.1) is 11.6 Å². The number of carbonyl (C=O) groups is 4. The highest BCUT2D eigenvalue weighted by atomic mass is 32.2. The number of halogens is 3. The molecule has 0 bridgehead atoms. The van der Waals surface area contributed by atoms with Gasteiger partial charge in [0, 0.05) is 86.1 Å². The number of alkyl halides is 1. The van der Waals surface area contributed by atoms with Gasteiger partial charge < -0.3 is 19.9 Å². The third kappa shape index (κ3) is 8.21. The van der Waals surface area contributed by atoms with Crippen LogP contribution in [0.15, 0.2) is 85.3 Å². The predicted octanol–water partition coefficient (Wildman–Crippen LogP) is 5.42. The standard InChI is InChI=1S/C45H43F3N8O7S/c1-26-3-12-38(43(58)51-26)56-44(59)32-9-6-30(22-34(32)45(56)60)54-18-16-53(17-19-54)14-2-20-63-31-7-4-27(5-8-31)28-21-33-35(24-50-42(33)49-23-28)41(57)39-36(47)10-11-37(40(39)48)52-64(61,62)55-15-13-29(46)25-55/h4-11,21-24,29,38,52H,1-3,12-20,25H2,(H,49,50)(H,51,58)/t29-,38?/m1/s1. The number of aromatic nitrogens is 2. The summed E-state index contributed by atoms with van der Waals surface area (Å²) in [4.78, 5) is 65.6. The summed E-state index contributed by atoms with van der Waals surface area (Å²) in [6, 6.07) is 15.0. The number of pyridine rings is 1. The van der Waals surface area contributed by atoms with Crippen molar-refractivity contribution in [3.63, 3.8) is 0 Å². The molecule has 1 unspecified atom stereocenters. The van der Waals surface area contributed by atoms with Gasteiger partial charge in [-0.25, -0.2) is 18.2 Å². The van der Waals surface area contributed by atoms with Gasteiger partial charge in [0.15, 0.2) is 5.82 Å². The van der Waals surface area contributed by atoms with Gasteiger partial charge in [0.25, 0.3) is 11.8 Å². The maximum atomic E-state index is 15.7. The van der Waals surface area contributed by atoms with E-state index in [0.717, 1.165) is 71.7 Å². The number of rotatable bonds is 13. The molecule has 3 N–H and O–H groups in total. The van der Waals surface area contributed by atoms with Gasteiger partial charge in [-0.15, -0.1) is 0 Å². The van der Waals surface area contributed by atoms with Gasteiger partial charge in [0.2, 0.25) is 11.7 Å². The molecule has 2 aromatic heterocycles. The molecule has 3 amide bonds. The number of H-pyrrole nitrogens is 1. The fraction of sp³-hybridized carbons (Fsp3) is 0.311. The Balaban J connectivity index is 0.775. The zero-order valence-corrected chi connectivity index (χ0v) is 35.2. The summed E-state index contributed by atoms with van der Waals surface area (Å²) >= 11 is 0. The first-order valence-corrected chi connectivity index (χ1v) is 22.3. The summed E-state index contributed by atoms with van der Waals surface area (Å²) in [5.74, 6) is -4.28. The second-order valence-electron chi connectivity index (χ2n) is 16.2. The Morgan fingerprint density at radius 3 is 2.42 bits per heavy atom. The monoisotopic (exact) mass is 896 g/mol. The Bertz CT molecular complexity index is 2830. The molecule has 19 heteroatoms. The third-order valence-corrected chi connectivity index (χ3v) is 13.6. The van der Waals surface area contributed by atoms with Crippen molar-refractivity contribution in [2.45, 2.75) is 37.9 Å². The summed E-state index contributed by atoms with van der Waals surface area (Å²) in [6.07, 6.45) is 3.14. The molecule has 4 aliphatic heterocycles. The number of piperidine rings is 1. The number of aromatic amines is 1. The number of benzene rings is 3. The summed E-state index contributed by atoms with van der Waals surface area (Å²) in [5, 5.41) is 2.95. The molecule has 3 saturated heterocycles. The van der Waals surface area contributed by atoms with E-state index in [2.05, 4.69) is 31.7 Å². The minimum absolute atomic E-state index is 0.00570. The Morgan fingerprint density at radius 2 is 1.69 bits per heavy atom. The summed E-state index contributed by atoms with van der Waals surface area (Å²) in [6.45, 7) is 7.60. The van der Waals surface area contributed by atoms with Gasteiger partial charge in [-0.2, -0.15) is 12.7 Å². The molecule has 3 fully saturated rings. The number of nitrogens with one attached hydrogen (secondary N) is 3. The SMILES string of the molecule is C=C1CCC(N2C(=O)c3ccc(N4CCN(CCCOc5ccc(-c6cnc7[nH]cc(C(=O)c8c(F)ccc(NS(=O)(=O)N9CC[C@@H](F)C9)c8F)c7c6)cc5)CC4)cc3C2=O)C(=O)N1. The Morgan fingerprint density at radius 1 is 0.922 bits per heavy atom. The summed E-state index contributed by atoms with van der Waals surface area (Å²) in [7, 11) is -4.36. The van der Waals surface area contributed by atoms with Crippen LogP contribution in [0.25, 0.3) is 22.2 Å². The number of hydrogen-bond donors (Lipinski definition) is 3. The minimum Gasteiger partial charge on any atom is -0.494 e. The van der Waals surface area contributed by atoms with Gasteiger partial charge in [-0.1, -0.05) is 18.7 Å². The molecule has 5 aromatic rings. The zero-order valence-electron chi connectivity index (χ0n) is 34.4. The fourth-order valence-corrected chi connectivity index (χ4v) is 9.89. The quantitative estimate of drug-likeness (QED) is 0.0786. The van der Waals surface area contributed by atoms with Crippen molar-refractivity contribution in [1.82, 2.24) is 29.4 Å². The number of anilines is 2. The lowest BCUT2D eigenvalue weighted by Crippen LogP contribution is -2.51. The molecule has 0 saturated carbocycles. The number of amides is 3. The number of ketones is 1. The normalized spacial score (nSPS) is 19.7. The molecule has 3 aromatic carbocycles. The van der Waals surface area contributed by atoms with Crippen molar-refractivity contribution >= 4 is 56.1 Å². The smallest absolute Gasteiger partial charge is 0.301 e. The van der Waals surface area contributed by atoms with E-state index in [1.807, 2.05) is 35.1 Å². The van der Waals surface area contributed by atoms with Crippen LogP contribution in [0.4, 0.5) is 24.5 Å². The van der Waals surface area contributed by atoms with Crippen LogP contribution < -0.4 is 19.7 Å². The maximum absolute atomic E-state index is 15.7. The second kappa shape index (κ2) is 17.2. The number of carbonyl (C=O) groups excluding carboxylic acids is 4. The number of hydrogen-bond acceptors (Lipinski definition) is 10. The lowest BCUT2D eigenvalue weighted by molar-refractivity contribution is -0.125. The molecule has 64 heavy (non-hydrogen) atoms. The number of fused-ring (bicyclic) bond motifs is 2. The average molecular weight is 897 g/mol. The number of piperazine rings is 1. The van der Waals surface area contributed by atoms with Crippen molar-refractivity contribution in [2.75, 3.05) is 62.0 Å². The lowest BCUT2D eigenvalue weighted by Gasteiger charge is -2.36. The molecule has 332 valence electrons. The largest absolute Gasteiger partial charge is 0.494 e. The Kier molecular flexibility index (Phi) is 11.5. The molecule has 0 spiro atoms. The molecule has 9 rings (SSSR count). The zero-order chi connectivity index (χ0) is 44.9. The van der Waals surface area contributed by atoms with E-state index in [1.54, 1.807) is 24.4 Å². The third-order valence-electron chi connectivity index (χ3n) is 12.1. The number of ether oxygens (including phenoxy) is 1.